The number of carbonyl (C=O) groups is 2. The fraction of sp³-hybridized carbons (Fsp3) is 0.529. The number of carboxylic acid groups (broad SMARTS) is 1. The van der Waals surface area contributed by atoms with E-state index in [0.717, 1.165) is 0 Å². The Balaban J connectivity index is 2.99. The molecule has 0 bridgehead atoms. The average molecular weight is 371 g/mol. The molecule has 2 atom stereocenters. The molecule has 0 aliphatic heterocycles. The van der Waals surface area contributed by atoms with Crippen molar-refractivity contribution < 1.29 is 39.1 Å². The number of nitrogens with one attached hydrogen (secondary N) is 1. The summed E-state index contributed by atoms with van der Waals surface area (Å²) in [5.41, 5.74) is -0.734. The van der Waals surface area contributed by atoms with Crippen molar-refractivity contribution in [2.45, 2.75) is 38.6 Å². The highest BCUT2D eigenvalue weighted by molar-refractivity contribution is 5.89. The summed E-state index contributed by atoms with van der Waals surface area (Å²) in [7, 11) is 2.59. The van der Waals surface area contributed by atoms with Crippen LogP contribution in [0.15, 0.2) is 12.1 Å². The first-order valence-corrected chi connectivity index (χ1v) is 7.82. The third-order valence-electron chi connectivity index (χ3n) is 3.31. The van der Waals surface area contributed by atoms with Crippen LogP contribution in [0.2, 0.25) is 0 Å². The topological polar surface area (TPSA) is 135 Å². The van der Waals surface area contributed by atoms with Crippen LogP contribution in [0, 0.1) is 0 Å². The minimum absolute atomic E-state index is 0.0329. The van der Waals surface area contributed by atoms with Gasteiger partial charge in [0.05, 0.1) is 25.3 Å². The van der Waals surface area contributed by atoms with Crippen LogP contribution in [-0.2, 0) is 4.74 Å². The molecular weight excluding hydrogens is 346 g/mol. The predicted molar refractivity (Wildman–Crippen MR) is 91.7 cm³/mol. The van der Waals surface area contributed by atoms with Crippen molar-refractivity contribution in [1.29, 1.82) is 0 Å². The molecule has 0 spiro atoms. The van der Waals surface area contributed by atoms with Crippen LogP contribution in [-0.4, -0.2) is 59.9 Å². The number of aliphatic hydroxyl groups excluding tert-OH is 2. The van der Waals surface area contributed by atoms with Crippen LogP contribution in [0.1, 0.15) is 42.8 Å². The maximum atomic E-state index is 11.6. The molecule has 146 valence electrons. The molecule has 0 aliphatic rings. The molecule has 0 saturated heterocycles. The van der Waals surface area contributed by atoms with Crippen molar-refractivity contribution in [1.82, 2.24) is 5.32 Å². The Bertz CT molecular complexity index is 628. The van der Waals surface area contributed by atoms with E-state index in [1.165, 1.54) is 26.4 Å². The van der Waals surface area contributed by atoms with Crippen LogP contribution in [0.4, 0.5) is 4.79 Å². The normalized spacial score (nSPS) is 13.5. The molecule has 1 aromatic rings. The summed E-state index contributed by atoms with van der Waals surface area (Å²) < 4.78 is 15.3. The molecule has 0 aromatic heterocycles. The van der Waals surface area contributed by atoms with E-state index in [0.29, 0.717) is 0 Å². The Morgan fingerprint density at radius 1 is 1.12 bits per heavy atom. The molecule has 1 aromatic carbocycles. The summed E-state index contributed by atoms with van der Waals surface area (Å²) in [5.74, 6) is -1.13. The molecular formula is C17H25NO8. The second-order valence-electron chi connectivity index (χ2n) is 6.49. The van der Waals surface area contributed by atoms with Crippen LogP contribution in [0.3, 0.4) is 0 Å². The summed E-state index contributed by atoms with van der Waals surface area (Å²) >= 11 is 0. The summed E-state index contributed by atoms with van der Waals surface area (Å²) in [6, 6.07) is 2.41. The van der Waals surface area contributed by atoms with E-state index in [9.17, 15) is 19.8 Å². The molecule has 9 nitrogen and oxygen atoms in total. The lowest BCUT2D eigenvalue weighted by molar-refractivity contribution is 0.0107. The van der Waals surface area contributed by atoms with E-state index in [2.05, 4.69) is 5.32 Å². The number of aliphatic hydroxyl groups is 2. The number of aromatic carboxylic acids is 1. The molecule has 9 heteroatoms. The van der Waals surface area contributed by atoms with Gasteiger partial charge in [-0.1, -0.05) is 0 Å². The minimum atomic E-state index is -1.50. The Hall–Kier alpha value is -2.52. The summed E-state index contributed by atoms with van der Waals surface area (Å²) in [6.07, 6.45) is -3.66. The molecule has 26 heavy (non-hydrogen) atoms. The Labute approximate surface area is 151 Å². The van der Waals surface area contributed by atoms with Crippen LogP contribution in [0.5, 0.6) is 11.5 Å². The third-order valence-corrected chi connectivity index (χ3v) is 3.31. The van der Waals surface area contributed by atoms with Crippen molar-refractivity contribution >= 4 is 12.1 Å². The summed E-state index contributed by atoms with van der Waals surface area (Å²) in [5, 5.41) is 32.1. The van der Waals surface area contributed by atoms with Gasteiger partial charge in [-0.3, -0.25) is 0 Å². The van der Waals surface area contributed by atoms with Gasteiger partial charge >= 0.3 is 12.1 Å². The highest BCUT2D eigenvalue weighted by Crippen LogP contribution is 2.37. The van der Waals surface area contributed by atoms with E-state index in [4.69, 9.17) is 19.3 Å². The van der Waals surface area contributed by atoms with Gasteiger partial charge in [-0.25, -0.2) is 9.59 Å². The van der Waals surface area contributed by atoms with E-state index < -0.39 is 29.9 Å². The number of carbonyl (C=O) groups excluding carboxylic acids is 1. The Morgan fingerprint density at radius 2 is 1.62 bits per heavy atom. The van der Waals surface area contributed by atoms with Gasteiger partial charge < -0.3 is 34.8 Å². The SMILES string of the molecule is COc1cc(C(=O)O)cc(OC)c1C(O)C(O)CNC(=O)OC(C)(C)C. The smallest absolute Gasteiger partial charge is 0.407 e. The van der Waals surface area contributed by atoms with Crippen molar-refractivity contribution in [2.24, 2.45) is 0 Å². The molecule has 0 radical (unpaired) electrons. The van der Waals surface area contributed by atoms with Gasteiger partial charge in [-0.05, 0) is 32.9 Å². The highest BCUT2D eigenvalue weighted by atomic mass is 16.6. The highest BCUT2D eigenvalue weighted by Gasteiger charge is 2.28. The zero-order chi connectivity index (χ0) is 20.1. The lowest BCUT2D eigenvalue weighted by atomic mass is 9.99. The van der Waals surface area contributed by atoms with E-state index >= 15 is 0 Å². The molecule has 2 unspecified atom stereocenters. The number of carboxylic acids is 1. The number of ether oxygens (including phenoxy) is 3. The monoisotopic (exact) mass is 371 g/mol. The first kappa shape index (κ1) is 21.5. The first-order valence-electron chi connectivity index (χ1n) is 7.82. The number of alkyl carbamates (subject to hydrolysis) is 1. The number of rotatable bonds is 7. The van der Waals surface area contributed by atoms with Crippen molar-refractivity contribution in [3.63, 3.8) is 0 Å². The average Bonchev–Trinajstić information content (AvgIpc) is 2.55. The Kier molecular flexibility index (Phi) is 7.22. The maximum Gasteiger partial charge on any atom is 0.407 e. The van der Waals surface area contributed by atoms with Gasteiger partial charge in [0.1, 0.15) is 29.3 Å². The fourth-order valence-electron chi connectivity index (χ4n) is 2.16. The van der Waals surface area contributed by atoms with Crippen molar-refractivity contribution in [3.8, 4) is 11.5 Å². The quantitative estimate of drug-likeness (QED) is 0.564. The van der Waals surface area contributed by atoms with Crippen molar-refractivity contribution in [2.75, 3.05) is 20.8 Å². The van der Waals surface area contributed by atoms with E-state index in [1.807, 2.05) is 0 Å². The molecule has 1 amide bonds. The van der Waals surface area contributed by atoms with Gasteiger partial charge in [-0.15, -0.1) is 0 Å². The second kappa shape index (κ2) is 8.72. The largest absolute Gasteiger partial charge is 0.496 e. The second-order valence-corrected chi connectivity index (χ2v) is 6.49. The maximum absolute atomic E-state index is 11.6. The lowest BCUT2D eigenvalue weighted by Crippen LogP contribution is -2.39. The zero-order valence-electron chi connectivity index (χ0n) is 15.4. The van der Waals surface area contributed by atoms with Crippen LogP contribution in [0.25, 0.3) is 0 Å². The van der Waals surface area contributed by atoms with Crippen LogP contribution < -0.4 is 14.8 Å². The number of benzene rings is 1. The third kappa shape index (κ3) is 5.78. The van der Waals surface area contributed by atoms with Crippen molar-refractivity contribution in [3.05, 3.63) is 23.3 Å². The molecule has 0 aliphatic carbocycles. The van der Waals surface area contributed by atoms with Gasteiger partial charge in [-0.2, -0.15) is 0 Å². The number of hydrogen-bond donors (Lipinski definition) is 4. The molecule has 0 heterocycles. The predicted octanol–water partition coefficient (Wildman–Crippen LogP) is 1.32. The number of methoxy groups -OCH3 is 2. The minimum Gasteiger partial charge on any atom is -0.496 e. The van der Waals surface area contributed by atoms with E-state index in [-0.39, 0.29) is 29.2 Å². The molecule has 1 rings (SSSR count). The Morgan fingerprint density at radius 3 is 2.00 bits per heavy atom. The number of amides is 1. The van der Waals surface area contributed by atoms with Gasteiger partial charge in [0.15, 0.2) is 0 Å². The fourth-order valence-corrected chi connectivity index (χ4v) is 2.16. The van der Waals surface area contributed by atoms with Gasteiger partial charge in [0.2, 0.25) is 0 Å². The van der Waals surface area contributed by atoms with Gasteiger partial charge in [0.25, 0.3) is 0 Å². The lowest BCUT2D eigenvalue weighted by Gasteiger charge is -2.24. The molecule has 0 fully saturated rings. The first-order chi connectivity index (χ1) is 12.0. The summed E-state index contributed by atoms with van der Waals surface area (Å²) in [4.78, 5) is 22.8. The van der Waals surface area contributed by atoms with E-state index in [1.54, 1.807) is 20.8 Å². The van der Waals surface area contributed by atoms with Crippen LogP contribution >= 0.6 is 0 Å². The van der Waals surface area contributed by atoms with Gasteiger partial charge in [0, 0.05) is 6.54 Å². The molecule has 0 saturated carbocycles. The standard InChI is InChI=1S/C17H25NO8/c1-17(2,3)26-16(23)18-8-10(19)14(20)13-11(24-4)6-9(15(21)22)7-12(13)25-5/h6-7,10,14,19-20H,8H2,1-5H3,(H,18,23)(H,21,22). The summed E-state index contributed by atoms with van der Waals surface area (Å²) in [6.45, 7) is 4.77. The number of hydrogen-bond acceptors (Lipinski definition) is 7. The zero-order valence-corrected chi connectivity index (χ0v) is 15.4. The molecule has 4 N–H and O–H groups in total.